The fraction of sp³-hybridized carbons (Fsp3) is 0.875. The van der Waals surface area contributed by atoms with Crippen molar-refractivity contribution in [1.82, 2.24) is 0 Å². The summed E-state index contributed by atoms with van der Waals surface area (Å²) in [5, 5.41) is 9.15. The second-order valence-corrected chi connectivity index (χ2v) is 3.12. The van der Waals surface area contributed by atoms with Crippen LogP contribution in [0.25, 0.3) is 0 Å². The standard InChI is InChI=1S/C8H14O2/c1-6(9)7-2-4-8(10)5-3-7/h6-7,9H,2-5H2,1H3. The van der Waals surface area contributed by atoms with Crippen LogP contribution in [-0.2, 0) is 4.79 Å². The Kier molecular flexibility index (Phi) is 2.44. The highest BCUT2D eigenvalue weighted by atomic mass is 16.3. The van der Waals surface area contributed by atoms with Gasteiger partial charge in [0.2, 0.25) is 0 Å². The molecule has 0 aromatic carbocycles. The van der Waals surface area contributed by atoms with Gasteiger partial charge in [0.05, 0.1) is 6.10 Å². The van der Waals surface area contributed by atoms with E-state index in [4.69, 9.17) is 5.11 Å². The first-order chi connectivity index (χ1) is 4.70. The first-order valence-electron chi connectivity index (χ1n) is 3.90. The SMILES string of the molecule is CC(O)C1CCC(=O)CC1. The fourth-order valence-electron chi connectivity index (χ4n) is 1.44. The average molecular weight is 142 g/mol. The zero-order valence-corrected chi connectivity index (χ0v) is 6.34. The Bertz CT molecular complexity index is 119. The van der Waals surface area contributed by atoms with Crippen LogP contribution in [0.5, 0.6) is 0 Å². The lowest BCUT2D eigenvalue weighted by Crippen LogP contribution is -2.22. The highest BCUT2D eigenvalue weighted by molar-refractivity contribution is 5.79. The second-order valence-electron chi connectivity index (χ2n) is 3.12. The zero-order valence-electron chi connectivity index (χ0n) is 6.34. The van der Waals surface area contributed by atoms with Crippen molar-refractivity contribution < 1.29 is 9.90 Å². The van der Waals surface area contributed by atoms with Crippen molar-refractivity contribution in [2.45, 2.75) is 38.7 Å². The van der Waals surface area contributed by atoms with Gasteiger partial charge in [-0.2, -0.15) is 0 Å². The van der Waals surface area contributed by atoms with Gasteiger partial charge in [0.1, 0.15) is 5.78 Å². The maximum atomic E-state index is 10.7. The lowest BCUT2D eigenvalue weighted by Gasteiger charge is -2.22. The molecular formula is C8H14O2. The molecule has 10 heavy (non-hydrogen) atoms. The van der Waals surface area contributed by atoms with E-state index in [1.807, 2.05) is 0 Å². The van der Waals surface area contributed by atoms with Crippen LogP contribution in [0.1, 0.15) is 32.6 Å². The van der Waals surface area contributed by atoms with Gasteiger partial charge in [0.25, 0.3) is 0 Å². The van der Waals surface area contributed by atoms with Crippen molar-refractivity contribution >= 4 is 5.78 Å². The van der Waals surface area contributed by atoms with Gasteiger partial charge >= 0.3 is 0 Å². The van der Waals surface area contributed by atoms with E-state index in [1.165, 1.54) is 0 Å². The Morgan fingerprint density at radius 3 is 2.40 bits per heavy atom. The van der Waals surface area contributed by atoms with Crippen molar-refractivity contribution in [3.8, 4) is 0 Å². The Hall–Kier alpha value is -0.370. The third kappa shape index (κ3) is 1.81. The van der Waals surface area contributed by atoms with Gasteiger partial charge < -0.3 is 5.11 Å². The molecule has 1 aliphatic rings. The van der Waals surface area contributed by atoms with E-state index in [2.05, 4.69) is 0 Å². The topological polar surface area (TPSA) is 37.3 Å². The summed E-state index contributed by atoms with van der Waals surface area (Å²) in [5.74, 6) is 0.731. The van der Waals surface area contributed by atoms with Gasteiger partial charge in [-0.05, 0) is 25.7 Å². The summed E-state index contributed by atoms with van der Waals surface area (Å²) >= 11 is 0. The highest BCUT2D eigenvalue weighted by Gasteiger charge is 2.21. The van der Waals surface area contributed by atoms with E-state index < -0.39 is 0 Å². The molecule has 0 saturated heterocycles. The molecule has 0 aliphatic heterocycles. The molecule has 1 saturated carbocycles. The number of aliphatic hydroxyl groups is 1. The van der Waals surface area contributed by atoms with Crippen LogP contribution >= 0.6 is 0 Å². The molecule has 1 rings (SSSR count). The van der Waals surface area contributed by atoms with Gasteiger partial charge in [-0.3, -0.25) is 4.79 Å². The van der Waals surface area contributed by atoms with Crippen LogP contribution in [0.3, 0.4) is 0 Å². The summed E-state index contributed by atoms with van der Waals surface area (Å²) in [6, 6.07) is 0. The Morgan fingerprint density at radius 1 is 1.50 bits per heavy atom. The van der Waals surface area contributed by atoms with E-state index >= 15 is 0 Å². The average Bonchev–Trinajstić information content (AvgIpc) is 1.88. The molecular weight excluding hydrogens is 128 g/mol. The molecule has 0 heterocycles. The summed E-state index contributed by atoms with van der Waals surface area (Å²) in [7, 11) is 0. The predicted molar refractivity (Wildman–Crippen MR) is 38.6 cm³/mol. The number of aliphatic hydroxyl groups excluding tert-OH is 1. The maximum absolute atomic E-state index is 10.7. The van der Waals surface area contributed by atoms with Crippen molar-refractivity contribution in [3.05, 3.63) is 0 Å². The Balaban J connectivity index is 2.33. The lowest BCUT2D eigenvalue weighted by molar-refractivity contribution is -0.121. The van der Waals surface area contributed by atoms with Crippen molar-refractivity contribution in [2.24, 2.45) is 5.92 Å². The number of carbonyl (C=O) groups excluding carboxylic acids is 1. The summed E-state index contributed by atoms with van der Waals surface area (Å²) in [5.41, 5.74) is 0. The van der Waals surface area contributed by atoms with Crippen molar-refractivity contribution in [3.63, 3.8) is 0 Å². The van der Waals surface area contributed by atoms with Crippen molar-refractivity contribution in [2.75, 3.05) is 0 Å². The molecule has 0 aromatic rings. The molecule has 0 spiro atoms. The van der Waals surface area contributed by atoms with Crippen LogP contribution in [0.4, 0.5) is 0 Å². The molecule has 1 fully saturated rings. The summed E-state index contributed by atoms with van der Waals surface area (Å²) in [6.45, 7) is 1.81. The van der Waals surface area contributed by atoms with Crippen LogP contribution < -0.4 is 0 Å². The number of hydrogen-bond acceptors (Lipinski definition) is 2. The summed E-state index contributed by atoms with van der Waals surface area (Å²) in [4.78, 5) is 10.7. The zero-order chi connectivity index (χ0) is 7.56. The first kappa shape index (κ1) is 7.73. The Labute approximate surface area is 61.2 Å². The molecule has 2 nitrogen and oxygen atoms in total. The number of ketones is 1. The Morgan fingerprint density at radius 2 is 2.00 bits per heavy atom. The molecule has 58 valence electrons. The molecule has 0 radical (unpaired) electrons. The minimum Gasteiger partial charge on any atom is -0.393 e. The fourth-order valence-corrected chi connectivity index (χ4v) is 1.44. The highest BCUT2D eigenvalue weighted by Crippen LogP contribution is 2.23. The van der Waals surface area contributed by atoms with Gasteiger partial charge in [-0.15, -0.1) is 0 Å². The van der Waals surface area contributed by atoms with Gasteiger partial charge in [0.15, 0.2) is 0 Å². The van der Waals surface area contributed by atoms with E-state index in [0.29, 0.717) is 24.5 Å². The van der Waals surface area contributed by atoms with Crippen LogP contribution in [-0.4, -0.2) is 17.0 Å². The van der Waals surface area contributed by atoms with Crippen molar-refractivity contribution in [1.29, 1.82) is 0 Å². The van der Waals surface area contributed by atoms with Crippen LogP contribution in [0.2, 0.25) is 0 Å². The van der Waals surface area contributed by atoms with Gasteiger partial charge in [0, 0.05) is 12.8 Å². The third-order valence-corrected chi connectivity index (χ3v) is 2.27. The molecule has 1 atom stereocenters. The molecule has 2 heteroatoms. The monoisotopic (exact) mass is 142 g/mol. The molecule has 0 amide bonds. The number of Topliss-reactive ketones (excluding diaryl/α,β-unsaturated/α-hetero) is 1. The molecule has 1 N–H and O–H groups in total. The lowest BCUT2D eigenvalue weighted by atomic mass is 9.85. The van der Waals surface area contributed by atoms with E-state index in [9.17, 15) is 4.79 Å². The van der Waals surface area contributed by atoms with Crippen LogP contribution in [0, 0.1) is 5.92 Å². The molecule has 0 bridgehead atoms. The van der Waals surface area contributed by atoms with Crippen LogP contribution in [0.15, 0.2) is 0 Å². The largest absolute Gasteiger partial charge is 0.393 e. The molecule has 1 unspecified atom stereocenters. The first-order valence-corrected chi connectivity index (χ1v) is 3.90. The summed E-state index contributed by atoms with van der Waals surface area (Å²) in [6.07, 6.45) is 2.89. The van der Waals surface area contributed by atoms with E-state index in [-0.39, 0.29) is 6.10 Å². The third-order valence-electron chi connectivity index (χ3n) is 2.27. The molecule has 0 aromatic heterocycles. The van der Waals surface area contributed by atoms with E-state index in [1.54, 1.807) is 6.92 Å². The normalized spacial score (nSPS) is 24.8. The minimum atomic E-state index is -0.229. The maximum Gasteiger partial charge on any atom is 0.132 e. The smallest absolute Gasteiger partial charge is 0.132 e. The van der Waals surface area contributed by atoms with E-state index in [0.717, 1.165) is 12.8 Å². The summed E-state index contributed by atoms with van der Waals surface area (Å²) < 4.78 is 0. The van der Waals surface area contributed by atoms with Gasteiger partial charge in [-0.25, -0.2) is 0 Å². The predicted octanol–water partition coefficient (Wildman–Crippen LogP) is 1.13. The number of hydrogen-bond donors (Lipinski definition) is 1. The second kappa shape index (κ2) is 3.15. The minimum absolute atomic E-state index is 0.229. The number of rotatable bonds is 1. The number of carbonyl (C=O) groups is 1. The molecule has 1 aliphatic carbocycles. The van der Waals surface area contributed by atoms with Gasteiger partial charge in [-0.1, -0.05) is 0 Å². The quantitative estimate of drug-likeness (QED) is 0.595.